The van der Waals surface area contributed by atoms with Gasteiger partial charge in [0.25, 0.3) is 5.91 Å². The molecule has 0 aliphatic rings. The highest BCUT2D eigenvalue weighted by atomic mass is 35.5. The first-order chi connectivity index (χ1) is 12.2. The summed E-state index contributed by atoms with van der Waals surface area (Å²) in [5.74, 6) is -1.54. The normalized spacial score (nSPS) is 11.6. The Kier molecular flexibility index (Phi) is 5.85. The number of hydrogen-bond acceptors (Lipinski definition) is 3. The molecular formula is C17H10ClF4N3O. The molecule has 0 saturated heterocycles. The molecular weight excluding hydrogens is 374 g/mol. The Bertz CT molecular complexity index is 904. The number of halogens is 5. The van der Waals surface area contributed by atoms with E-state index in [-0.39, 0.29) is 10.7 Å². The molecule has 2 aromatic rings. The lowest BCUT2D eigenvalue weighted by molar-refractivity contribution is -0.137. The van der Waals surface area contributed by atoms with Crippen molar-refractivity contribution in [1.29, 1.82) is 5.26 Å². The number of amides is 1. The second kappa shape index (κ2) is 7.89. The van der Waals surface area contributed by atoms with E-state index in [0.29, 0.717) is 5.69 Å². The van der Waals surface area contributed by atoms with Crippen molar-refractivity contribution in [2.75, 3.05) is 10.6 Å². The summed E-state index contributed by atoms with van der Waals surface area (Å²) in [6.45, 7) is 0. The van der Waals surface area contributed by atoms with Gasteiger partial charge in [0, 0.05) is 17.6 Å². The third-order valence-corrected chi connectivity index (χ3v) is 3.41. The van der Waals surface area contributed by atoms with Gasteiger partial charge in [-0.15, -0.1) is 0 Å². The number of benzene rings is 2. The molecule has 2 aromatic carbocycles. The van der Waals surface area contributed by atoms with Gasteiger partial charge in [-0.3, -0.25) is 4.79 Å². The molecule has 0 aliphatic heterocycles. The van der Waals surface area contributed by atoms with Crippen molar-refractivity contribution in [3.63, 3.8) is 0 Å². The second-order valence-corrected chi connectivity index (χ2v) is 5.38. The zero-order valence-electron chi connectivity index (χ0n) is 12.9. The van der Waals surface area contributed by atoms with Crippen molar-refractivity contribution >= 4 is 28.9 Å². The molecule has 0 aliphatic carbocycles. The molecule has 2 rings (SSSR count). The molecule has 0 heterocycles. The summed E-state index contributed by atoms with van der Waals surface area (Å²) >= 11 is 5.61. The number of anilines is 2. The van der Waals surface area contributed by atoms with E-state index in [1.54, 1.807) is 6.07 Å². The molecule has 9 heteroatoms. The van der Waals surface area contributed by atoms with Crippen LogP contribution in [-0.2, 0) is 11.0 Å². The second-order valence-electron chi connectivity index (χ2n) is 4.98. The van der Waals surface area contributed by atoms with Gasteiger partial charge < -0.3 is 10.6 Å². The first-order valence-electron chi connectivity index (χ1n) is 7.01. The highest BCUT2D eigenvalue weighted by Crippen LogP contribution is 2.30. The number of nitrogens with zero attached hydrogens (tertiary/aromatic N) is 1. The zero-order chi connectivity index (χ0) is 19.3. The zero-order valence-corrected chi connectivity index (χ0v) is 13.6. The van der Waals surface area contributed by atoms with Gasteiger partial charge in [0.15, 0.2) is 0 Å². The molecule has 0 atom stereocenters. The molecule has 0 unspecified atom stereocenters. The van der Waals surface area contributed by atoms with Crippen molar-refractivity contribution in [3.05, 3.63) is 70.6 Å². The van der Waals surface area contributed by atoms with Gasteiger partial charge in [-0.1, -0.05) is 17.7 Å². The lowest BCUT2D eigenvalue weighted by atomic mass is 10.2. The average molecular weight is 384 g/mol. The number of hydrogen-bond donors (Lipinski definition) is 2. The number of alkyl halides is 3. The Morgan fingerprint density at radius 1 is 1.15 bits per heavy atom. The van der Waals surface area contributed by atoms with Gasteiger partial charge in [-0.05, 0) is 36.4 Å². The largest absolute Gasteiger partial charge is 0.416 e. The van der Waals surface area contributed by atoms with Crippen LogP contribution in [0.3, 0.4) is 0 Å². The third kappa shape index (κ3) is 4.97. The number of nitriles is 1. The Balaban J connectivity index is 2.13. The van der Waals surface area contributed by atoms with E-state index in [1.165, 1.54) is 18.2 Å². The molecule has 0 spiro atoms. The van der Waals surface area contributed by atoms with Crippen molar-refractivity contribution in [1.82, 2.24) is 0 Å². The number of rotatable bonds is 4. The van der Waals surface area contributed by atoms with Gasteiger partial charge in [0.1, 0.15) is 17.5 Å². The average Bonchev–Trinajstić information content (AvgIpc) is 2.58. The summed E-state index contributed by atoms with van der Waals surface area (Å²) < 4.78 is 51.1. The summed E-state index contributed by atoms with van der Waals surface area (Å²) in [5, 5.41) is 13.7. The monoisotopic (exact) mass is 383 g/mol. The van der Waals surface area contributed by atoms with Gasteiger partial charge in [0.05, 0.1) is 10.6 Å². The third-order valence-electron chi connectivity index (χ3n) is 3.12. The maximum atomic E-state index is 13.1. The maximum absolute atomic E-state index is 13.1. The molecule has 134 valence electrons. The number of carbonyl (C=O) groups excluding carboxylic acids is 1. The summed E-state index contributed by atoms with van der Waals surface area (Å²) in [5.41, 5.74) is -1.13. The summed E-state index contributed by atoms with van der Waals surface area (Å²) in [6, 6.07) is 9.28. The van der Waals surface area contributed by atoms with E-state index in [1.807, 2.05) is 0 Å². The summed E-state index contributed by atoms with van der Waals surface area (Å²) in [6.07, 6.45) is -3.52. The van der Waals surface area contributed by atoms with E-state index in [2.05, 4.69) is 10.6 Å². The van der Waals surface area contributed by atoms with Crippen LogP contribution in [0.25, 0.3) is 0 Å². The molecule has 0 fully saturated rings. The quantitative estimate of drug-likeness (QED) is 0.446. The Morgan fingerprint density at radius 2 is 1.88 bits per heavy atom. The topological polar surface area (TPSA) is 64.9 Å². The summed E-state index contributed by atoms with van der Waals surface area (Å²) in [4.78, 5) is 12.0. The van der Waals surface area contributed by atoms with Crippen molar-refractivity contribution in [3.8, 4) is 6.07 Å². The van der Waals surface area contributed by atoms with E-state index in [4.69, 9.17) is 16.9 Å². The van der Waals surface area contributed by atoms with Crippen LogP contribution in [0.2, 0.25) is 5.02 Å². The van der Waals surface area contributed by atoms with E-state index in [0.717, 1.165) is 30.5 Å². The van der Waals surface area contributed by atoms with Crippen LogP contribution in [0.1, 0.15) is 5.56 Å². The SMILES string of the molecule is N#C/C(=C/Nc1ccc(F)c(Cl)c1)C(=O)Nc1cccc(C(F)(F)F)c1. The first kappa shape index (κ1) is 19.3. The highest BCUT2D eigenvalue weighted by molar-refractivity contribution is 6.31. The fourth-order valence-corrected chi connectivity index (χ4v) is 2.04. The van der Waals surface area contributed by atoms with Crippen LogP contribution >= 0.6 is 11.6 Å². The molecule has 4 nitrogen and oxygen atoms in total. The molecule has 1 amide bonds. The minimum absolute atomic E-state index is 0.115. The predicted molar refractivity (Wildman–Crippen MR) is 88.8 cm³/mol. The van der Waals surface area contributed by atoms with Crippen molar-refractivity contribution < 1.29 is 22.4 Å². The smallest absolute Gasteiger partial charge is 0.360 e. The molecule has 0 radical (unpaired) electrons. The fourth-order valence-electron chi connectivity index (χ4n) is 1.86. The molecule has 0 bridgehead atoms. The van der Waals surface area contributed by atoms with Crippen molar-refractivity contribution in [2.24, 2.45) is 0 Å². The number of carbonyl (C=O) groups is 1. The van der Waals surface area contributed by atoms with Gasteiger partial charge >= 0.3 is 6.18 Å². The lowest BCUT2D eigenvalue weighted by Gasteiger charge is -2.09. The van der Waals surface area contributed by atoms with Crippen LogP contribution in [0.15, 0.2) is 54.2 Å². The van der Waals surface area contributed by atoms with Gasteiger partial charge in [-0.25, -0.2) is 4.39 Å². The van der Waals surface area contributed by atoms with Crippen molar-refractivity contribution in [2.45, 2.75) is 6.18 Å². The first-order valence-corrected chi connectivity index (χ1v) is 7.39. The van der Waals surface area contributed by atoms with Crippen LogP contribution in [0.5, 0.6) is 0 Å². The van der Waals surface area contributed by atoms with Gasteiger partial charge in [-0.2, -0.15) is 18.4 Å². The van der Waals surface area contributed by atoms with E-state index < -0.39 is 29.0 Å². The van der Waals surface area contributed by atoms with Crippen LogP contribution < -0.4 is 10.6 Å². The fraction of sp³-hybridized carbons (Fsp3) is 0.0588. The lowest BCUT2D eigenvalue weighted by Crippen LogP contribution is -2.15. The van der Waals surface area contributed by atoms with Gasteiger partial charge in [0.2, 0.25) is 0 Å². The Labute approximate surface area is 150 Å². The number of nitrogens with one attached hydrogen (secondary N) is 2. The van der Waals surface area contributed by atoms with Crippen LogP contribution in [0.4, 0.5) is 28.9 Å². The summed E-state index contributed by atoms with van der Waals surface area (Å²) in [7, 11) is 0. The molecule has 26 heavy (non-hydrogen) atoms. The highest BCUT2D eigenvalue weighted by Gasteiger charge is 2.30. The molecule has 0 aromatic heterocycles. The van der Waals surface area contributed by atoms with Crippen LogP contribution in [0, 0.1) is 17.1 Å². The minimum atomic E-state index is -4.56. The maximum Gasteiger partial charge on any atom is 0.416 e. The van der Waals surface area contributed by atoms with E-state index >= 15 is 0 Å². The Morgan fingerprint density at radius 3 is 2.50 bits per heavy atom. The minimum Gasteiger partial charge on any atom is -0.360 e. The Hall–Kier alpha value is -3.05. The standard InChI is InChI=1S/C17H10ClF4N3O/c18-14-7-12(4-5-15(14)19)24-9-10(8-23)16(26)25-13-3-1-2-11(6-13)17(20,21)22/h1-7,9,24H,(H,25,26)/b10-9-. The van der Waals surface area contributed by atoms with E-state index in [9.17, 15) is 22.4 Å². The predicted octanol–water partition coefficient (Wildman–Crippen LogP) is 4.96. The molecule has 0 saturated carbocycles. The molecule has 2 N–H and O–H groups in total. The van der Waals surface area contributed by atoms with Crippen LogP contribution in [-0.4, -0.2) is 5.91 Å².